The topological polar surface area (TPSA) is 64.3 Å². The average Bonchev–Trinajstić information content (AvgIpc) is 2.27. The van der Waals surface area contributed by atoms with Crippen LogP contribution in [-0.4, -0.2) is 25.1 Å². The number of hydrogen-bond acceptors (Lipinski definition) is 3. The zero-order chi connectivity index (χ0) is 14.5. The first-order valence-corrected chi connectivity index (χ1v) is 6.51. The quantitative estimate of drug-likeness (QED) is 0.823. The van der Waals surface area contributed by atoms with Gasteiger partial charge in [0.2, 0.25) is 5.91 Å². The molecule has 0 aromatic heterocycles. The van der Waals surface area contributed by atoms with E-state index in [1.165, 1.54) is 5.56 Å². The van der Waals surface area contributed by atoms with Crippen LogP contribution in [0.1, 0.15) is 31.4 Å². The Balaban J connectivity index is 2.49. The van der Waals surface area contributed by atoms with E-state index in [9.17, 15) is 4.79 Å². The number of aryl methyl sites for hydroxylation is 1. The van der Waals surface area contributed by atoms with E-state index in [1.807, 2.05) is 32.9 Å². The molecule has 19 heavy (non-hydrogen) atoms. The zero-order valence-electron chi connectivity index (χ0n) is 12.2. The third-order valence-electron chi connectivity index (χ3n) is 2.77. The maximum Gasteiger partial charge on any atom is 0.221 e. The highest BCUT2D eigenvalue weighted by molar-refractivity contribution is 5.77. The molecule has 0 bridgehead atoms. The number of methoxy groups -OCH3 is 1. The fourth-order valence-corrected chi connectivity index (χ4v) is 1.92. The van der Waals surface area contributed by atoms with Gasteiger partial charge >= 0.3 is 0 Å². The summed E-state index contributed by atoms with van der Waals surface area (Å²) < 4.78 is 5.31. The van der Waals surface area contributed by atoms with E-state index in [4.69, 9.17) is 10.5 Å². The van der Waals surface area contributed by atoms with Crippen molar-refractivity contribution in [2.75, 3.05) is 13.7 Å². The molecule has 1 rings (SSSR count). The Morgan fingerprint density at radius 2 is 2.11 bits per heavy atom. The smallest absolute Gasteiger partial charge is 0.221 e. The highest BCUT2D eigenvalue weighted by Crippen LogP contribution is 2.19. The lowest BCUT2D eigenvalue weighted by atomic mass is 10.0. The summed E-state index contributed by atoms with van der Waals surface area (Å²) in [4.78, 5) is 11.6. The van der Waals surface area contributed by atoms with Crippen molar-refractivity contribution in [3.8, 4) is 5.75 Å². The second kappa shape index (κ2) is 6.57. The second-order valence-corrected chi connectivity index (χ2v) is 5.58. The monoisotopic (exact) mass is 264 g/mol. The van der Waals surface area contributed by atoms with Gasteiger partial charge in [-0.15, -0.1) is 0 Å². The maximum atomic E-state index is 11.6. The standard InChI is InChI=1S/C15H24N2O2/c1-11-5-6-13(19-4)12(9-11)7-8-17-14(18)10-15(2,3)16/h5-6,9H,7-8,10,16H2,1-4H3,(H,17,18). The summed E-state index contributed by atoms with van der Waals surface area (Å²) in [6.07, 6.45) is 1.08. The molecule has 0 atom stereocenters. The molecule has 0 aliphatic heterocycles. The Hall–Kier alpha value is -1.55. The molecular formula is C15H24N2O2. The molecule has 0 saturated heterocycles. The number of rotatable bonds is 6. The Morgan fingerprint density at radius 3 is 2.68 bits per heavy atom. The lowest BCUT2D eigenvalue weighted by Crippen LogP contribution is -2.39. The summed E-state index contributed by atoms with van der Waals surface area (Å²) in [6, 6.07) is 6.05. The fourth-order valence-electron chi connectivity index (χ4n) is 1.92. The minimum absolute atomic E-state index is 0.0147. The first kappa shape index (κ1) is 15.5. The predicted octanol–water partition coefficient (Wildman–Crippen LogP) is 1.79. The molecule has 0 aliphatic carbocycles. The van der Waals surface area contributed by atoms with Crippen molar-refractivity contribution in [3.05, 3.63) is 29.3 Å². The molecule has 1 amide bonds. The van der Waals surface area contributed by atoms with Crippen molar-refractivity contribution in [3.63, 3.8) is 0 Å². The normalized spacial score (nSPS) is 11.2. The van der Waals surface area contributed by atoms with E-state index < -0.39 is 5.54 Å². The van der Waals surface area contributed by atoms with Crippen molar-refractivity contribution in [1.82, 2.24) is 5.32 Å². The molecule has 0 unspecified atom stereocenters. The minimum Gasteiger partial charge on any atom is -0.496 e. The minimum atomic E-state index is -0.467. The first-order valence-electron chi connectivity index (χ1n) is 6.51. The van der Waals surface area contributed by atoms with Crippen molar-refractivity contribution < 1.29 is 9.53 Å². The third kappa shape index (κ3) is 5.75. The van der Waals surface area contributed by atoms with Crippen LogP contribution in [0.3, 0.4) is 0 Å². The van der Waals surface area contributed by atoms with Crippen LogP contribution in [0.4, 0.5) is 0 Å². The van der Waals surface area contributed by atoms with E-state index >= 15 is 0 Å². The van der Waals surface area contributed by atoms with Gasteiger partial charge in [-0.2, -0.15) is 0 Å². The number of carbonyl (C=O) groups excluding carboxylic acids is 1. The number of amides is 1. The van der Waals surface area contributed by atoms with Crippen LogP contribution >= 0.6 is 0 Å². The number of benzene rings is 1. The predicted molar refractivity (Wildman–Crippen MR) is 77.3 cm³/mol. The molecule has 0 heterocycles. The molecule has 1 aromatic rings. The lowest BCUT2D eigenvalue weighted by Gasteiger charge is -2.17. The Bertz CT molecular complexity index is 436. The van der Waals surface area contributed by atoms with Gasteiger partial charge < -0.3 is 15.8 Å². The molecule has 106 valence electrons. The van der Waals surface area contributed by atoms with E-state index in [-0.39, 0.29) is 5.91 Å². The van der Waals surface area contributed by atoms with Gasteiger partial charge in [0.25, 0.3) is 0 Å². The van der Waals surface area contributed by atoms with Crippen molar-refractivity contribution in [2.24, 2.45) is 5.73 Å². The average molecular weight is 264 g/mol. The molecule has 0 fully saturated rings. The van der Waals surface area contributed by atoms with Gasteiger partial charge in [0.15, 0.2) is 0 Å². The summed E-state index contributed by atoms with van der Waals surface area (Å²) in [6.45, 7) is 6.32. The van der Waals surface area contributed by atoms with Crippen LogP contribution in [-0.2, 0) is 11.2 Å². The van der Waals surface area contributed by atoms with Crippen LogP contribution in [0, 0.1) is 6.92 Å². The van der Waals surface area contributed by atoms with Crippen molar-refractivity contribution in [2.45, 2.75) is 39.2 Å². The van der Waals surface area contributed by atoms with E-state index in [2.05, 4.69) is 11.4 Å². The Morgan fingerprint density at radius 1 is 1.42 bits per heavy atom. The van der Waals surface area contributed by atoms with Gasteiger partial charge in [-0.05, 0) is 38.8 Å². The van der Waals surface area contributed by atoms with E-state index in [0.29, 0.717) is 13.0 Å². The first-order chi connectivity index (χ1) is 8.81. The van der Waals surface area contributed by atoms with Gasteiger partial charge in [-0.25, -0.2) is 0 Å². The van der Waals surface area contributed by atoms with Crippen molar-refractivity contribution in [1.29, 1.82) is 0 Å². The van der Waals surface area contributed by atoms with Crippen LogP contribution in [0.2, 0.25) is 0 Å². The van der Waals surface area contributed by atoms with Gasteiger partial charge in [0.05, 0.1) is 7.11 Å². The summed E-state index contributed by atoms with van der Waals surface area (Å²) >= 11 is 0. The van der Waals surface area contributed by atoms with Crippen LogP contribution in [0.25, 0.3) is 0 Å². The fraction of sp³-hybridized carbons (Fsp3) is 0.533. The Kier molecular flexibility index (Phi) is 5.36. The summed E-state index contributed by atoms with van der Waals surface area (Å²) in [5.74, 6) is 0.845. The van der Waals surface area contributed by atoms with E-state index in [1.54, 1.807) is 7.11 Å². The largest absolute Gasteiger partial charge is 0.496 e. The maximum absolute atomic E-state index is 11.6. The van der Waals surface area contributed by atoms with Gasteiger partial charge in [0, 0.05) is 18.5 Å². The number of hydrogen-bond donors (Lipinski definition) is 2. The second-order valence-electron chi connectivity index (χ2n) is 5.58. The van der Waals surface area contributed by atoms with Crippen molar-refractivity contribution >= 4 is 5.91 Å². The van der Waals surface area contributed by atoms with Gasteiger partial charge in [0.1, 0.15) is 5.75 Å². The number of ether oxygens (including phenoxy) is 1. The molecule has 4 heteroatoms. The highest BCUT2D eigenvalue weighted by atomic mass is 16.5. The SMILES string of the molecule is COc1ccc(C)cc1CCNC(=O)CC(C)(C)N. The molecule has 0 aliphatic rings. The molecule has 3 N–H and O–H groups in total. The molecule has 0 saturated carbocycles. The third-order valence-corrected chi connectivity index (χ3v) is 2.77. The highest BCUT2D eigenvalue weighted by Gasteiger charge is 2.15. The molecule has 4 nitrogen and oxygen atoms in total. The van der Waals surface area contributed by atoms with Crippen LogP contribution in [0.15, 0.2) is 18.2 Å². The zero-order valence-corrected chi connectivity index (χ0v) is 12.2. The molecular weight excluding hydrogens is 240 g/mol. The van der Waals surface area contributed by atoms with Crippen LogP contribution < -0.4 is 15.8 Å². The van der Waals surface area contributed by atoms with Crippen LogP contribution in [0.5, 0.6) is 5.75 Å². The van der Waals surface area contributed by atoms with E-state index in [0.717, 1.165) is 17.7 Å². The molecule has 1 aromatic carbocycles. The number of nitrogens with one attached hydrogen (secondary N) is 1. The number of nitrogens with two attached hydrogens (primary N) is 1. The van der Waals surface area contributed by atoms with Gasteiger partial charge in [-0.3, -0.25) is 4.79 Å². The lowest BCUT2D eigenvalue weighted by molar-refractivity contribution is -0.121. The summed E-state index contributed by atoms with van der Waals surface area (Å²) in [5.41, 5.74) is 7.63. The Labute approximate surface area is 115 Å². The number of carbonyl (C=O) groups is 1. The summed E-state index contributed by atoms with van der Waals surface area (Å²) in [7, 11) is 1.66. The molecule has 0 radical (unpaired) electrons. The summed E-state index contributed by atoms with van der Waals surface area (Å²) in [5, 5.41) is 2.88. The van der Waals surface area contributed by atoms with Gasteiger partial charge in [-0.1, -0.05) is 17.7 Å². The molecule has 0 spiro atoms.